The molecule has 30 heavy (non-hydrogen) atoms. The molecule has 154 valence electrons. The smallest absolute Gasteiger partial charge is 0.206 e. The third kappa shape index (κ3) is 3.29. The van der Waals surface area contributed by atoms with E-state index in [4.69, 9.17) is 14.5 Å². The molecule has 1 aliphatic heterocycles. The second-order valence-electron chi connectivity index (χ2n) is 7.55. The number of ether oxygens (including phenoxy) is 2. The van der Waals surface area contributed by atoms with Gasteiger partial charge in [0.1, 0.15) is 5.75 Å². The molecule has 0 radical (unpaired) electrons. The molecular weight excluding hydrogens is 382 g/mol. The number of aromatic hydroxyl groups is 1. The monoisotopic (exact) mass is 405 g/mol. The summed E-state index contributed by atoms with van der Waals surface area (Å²) < 4.78 is 14.5. The quantitative estimate of drug-likeness (QED) is 0.547. The maximum absolute atomic E-state index is 10.9. The summed E-state index contributed by atoms with van der Waals surface area (Å²) in [6, 6.07) is 5.72. The van der Waals surface area contributed by atoms with Crippen molar-refractivity contribution in [3.63, 3.8) is 0 Å². The van der Waals surface area contributed by atoms with Crippen molar-refractivity contribution in [1.29, 1.82) is 0 Å². The summed E-state index contributed by atoms with van der Waals surface area (Å²) >= 11 is 0. The number of hydrogen-bond acceptors (Lipinski definition) is 6. The first-order chi connectivity index (χ1) is 14.6. The van der Waals surface area contributed by atoms with Crippen LogP contribution in [0.2, 0.25) is 0 Å². The Morgan fingerprint density at radius 1 is 1.30 bits per heavy atom. The molecule has 0 aromatic carbocycles. The number of aromatic nitrogens is 5. The Balaban J connectivity index is 1.52. The lowest BCUT2D eigenvalue weighted by Crippen LogP contribution is -2.15. The van der Waals surface area contributed by atoms with E-state index >= 15 is 0 Å². The lowest BCUT2D eigenvalue weighted by molar-refractivity contribution is 0.0940. The molecular formula is C22H23N5O3. The number of methoxy groups -OCH3 is 1. The van der Waals surface area contributed by atoms with Crippen molar-refractivity contribution in [2.24, 2.45) is 0 Å². The number of nitrogens with zero attached hydrogens (tertiary/aromatic N) is 5. The third-order valence-electron chi connectivity index (χ3n) is 5.48. The highest BCUT2D eigenvalue weighted by Gasteiger charge is 2.19. The first-order valence-corrected chi connectivity index (χ1v) is 9.99. The Bertz CT molecular complexity index is 1210. The van der Waals surface area contributed by atoms with Crippen LogP contribution in [0.5, 0.6) is 11.6 Å². The predicted molar refractivity (Wildman–Crippen MR) is 112 cm³/mol. The van der Waals surface area contributed by atoms with E-state index in [2.05, 4.69) is 10.1 Å². The molecule has 8 nitrogen and oxygen atoms in total. The summed E-state index contributed by atoms with van der Waals surface area (Å²) in [7, 11) is 1.61. The molecule has 5 rings (SSSR count). The molecule has 0 bridgehead atoms. The second-order valence-corrected chi connectivity index (χ2v) is 7.55. The summed E-state index contributed by atoms with van der Waals surface area (Å²) in [4.78, 5) is 8.96. The molecule has 4 aromatic rings. The summed E-state index contributed by atoms with van der Waals surface area (Å²) in [5.74, 6) is 1.45. The molecule has 1 fully saturated rings. The SMILES string of the molecule is COc1cncc(-c2cc(C)c3c(O)n(-c4ccn(CC5CCCO5)n4)cc3n2)c1. The van der Waals surface area contributed by atoms with E-state index in [1.54, 1.807) is 24.1 Å². The van der Waals surface area contributed by atoms with E-state index in [9.17, 15) is 5.11 Å². The average Bonchev–Trinajstić information content (AvgIpc) is 3.49. The van der Waals surface area contributed by atoms with Crippen molar-refractivity contribution >= 4 is 10.9 Å². The van der Waals surface area contributed by atoms with Gasteiger partial charge >= 0.3 is 0 Å². The van der Waals surface area contributed by atoms with Crippen molar-refractivity contribution in [2.45, 2.75) is 32.4 Å². The van der Waals surface area contributed by atoms with Crippen LogP contribution >= 0.6 is 0 Å². The standard InChI is InChI=1S/C22H23N5O3/c1-14-8-18(15-9-17(29-2)11-23-10-15)24-19-13-27(22(28)21(14)19)20-5-6-26(25-20)12-16-4-3-7-30-16/h5-6,8-11,13,16,28H,3-4,7,12H2,1-2H3. The van der Waals surface area contributed by atoms with Crippen LogP contribution in [0.3, 0.4) is 0 Å². The molecule has 0 aliphatic carbocycles. The molecule has 5 heterocycles. The lowest BCUT2D eigenvalue weighted by Gasteiger charge is -2.08. The summed E-state index contributed by atoms with van der Waals surface area (Å²) in [6.07, 6.45) is 9.49. The Labute approximate surface area is 173 Å². The van der Waals surface area contributed by atoms with Crippen LogP contribution in [0.25, 0.3) is 28.0 Å². The lowest BCUT2D eigenvalue weighted by atomic mass is 10.1. The number of pyridine rings is 2. The number of rotatable bonds is 5. The summed E-state index contributed by atoms with van der Waals surface area (Å²) in [6.45, 7) is 3.49. The zero-order valence-electron chi connectivity index (χ0n) is 16.9. The predicted octanol–water partition coefficient (Wildman–Crippen LogP) is 3.49. The number of fused-ring (bicyclic) bond motifs is 1. The normalized spacial score (nSPS) is 16.4. The van der Waals surface area contributed by atoms with Gasteiger partial charge in [-0.2, -0.15) is 5.10 Å². The fourth-order valence-electron chi connectivity index (χ4n) is 3.96. The third-order valence-corrected chi connectivity index (χ3v) is 5.48. The first kappa shape index (κ1) is 18.6. The summed E-state index contributed by atoms with van der Waals surface area (Å²) in [5, 5.41) is 16.2. The molecule has 0 amide bonds. The fourth-order valence-corrected chi connectivity index (χ4v) is 3.96. The minimum atomic E-state index is 0.132. The highest BCUT2D eigenvalue weighted by molar-refractivity contribution is 5.90. The number of hydrogen-bond donors (Lipinski definition) is 1. The maximum atomic E-state index is 10.9. The molecule has 0 saturated carbocycles. The second kappa shape index (κ2) is 7.46. The van der Waals surface area contributed by atoms with Gasteiger partial charge in [0.25, 0.3) is 0 Å². The minimum Gasteiger partial charge on any atom is -0.495 e. The van der Waals surface area contributed by atoms with Crippen LogP contribution in [0.15, 0.2) is 43.0 Å². The Morgan fingerprint density at radius 2 is 2.20 bits per heavy atom. The Hall–Kier alpha value is -3.39. The molecule has 0 spiro atoms. The van der Waals surface area contributed by atoms with Gasteiger partial charge in [-0.15, -0.1) is 0 Å². The molecule has 1 unspecified atom stereocenters. The molecule has 4 aromatic heterocycles. The van der Waals surface area contributed by atoms with Gasteiger partial charge in [0, 0.05) is 36.8 Å². The van der Waals surface area contributed by atoms with E-state index in [0.717, 1.165) is 36.3 Å². The Morgan fingerprint density at radius 3 is 3.00 bits per heavy atom. The molecule has 1 saturated heterocycles. The van der Waals surface area contributed by atoms with Crippen LogP contribution in [0.4, 0.5) is 0 Å². The number of aryl methyl sites for hydroxylation is 1. The van der Waals surface area contributed by atoms with Crippen molar-refractivity contribution in [3.8, 4) is 28.7 Å². The molecule has 1 N–H and O–H groups in total. The van der Waals surface area contributed by atoms with Crippen molar-refractivity contribution in [1.82, 2.24) is 24.3 Å². The van der Waals surface area contributed by atoms with Crippen LogP contribution in [-0.2, 0) is 11.3 Å². The molecule has 8 heteroatoms. The van der Waals surface area contributed by atoms with Crippen molar-refractivity contribution in [3.05, 3.63) is 48.5 Å². The fraction of sp³-hybridized carbons (Fsp3) is 0.318. The first-order valence-electron chi connectivity index (χ1n) is 9.99. The van der Waals surface area contributed by atoms with Gasteiger partial charge in [-0.1, -0.05) is 0 Å². The van der Waals surface area contributed by atoms with Gasteiger partial charge in [0.05, 0.1) is 42.6 Å². The van der Waals surface area contributed by atoms with Crippen LogP contribution in [0.1, 0.15) is 18.4 Å². The van der Waals surface area contributed by atoms with Crippen LogP contribution in [-0.4, -0.2) is 49.2 Å². The molecule has 1 aliphatic rings. The van der Waals surface area contributed by atoms with Crippen LogP contribution in [0, 0.1) is 6.92 Å². The van der Waals surface area contributed by atoms with Gasteiger partial charge in [-0.3, -0.25) is 14.2 Å². The summed E-state index contributed by atoms with van der Waals surface area (Å²) in [5.41, 5.74) is 3.24. The highest BCUT2D eigenvalue weighted by Crippen LogP contribution is 2.34. The van der Waals surface area contributed by atoms with E-state index in [1.165, 1.54) is 0 Å². The van der Waals surface area contributed by atoms with E-state index in [1.807, 2.05) is 42.2 Å². The van der Waals surface area contributed by atoms with Gasteiger partial charge in [-0.25, -0.2) is 4.98 Å². The van der Waals surface area contributed by atoms with Crippen molar-refractivity contribution < 1.29 is 14.6 Å². The zero-order valence-corrected chi connectivity index (χ0v) is 16.9. The van der Waals surface area contributed by atoms with Gasteiger partial charge in [-0.05, 0) is 37.5 Å². The van der Waals surface area contributed by atoms with E-state index in [0.29, 0.717) is 29.0 Å². The topological polar surface area (TPSA) is 87.2 Å². The van der Waals surface area contributed by atoms with Gasteiger partial charge < -0.3 is 14.6 Å². The zero-order chi connectivity index (χ0) is 20.7. The van der Waals surface area contributed by atoms with Gasteiger partial charge in [0.2, 0.25) is 5.88 Å². The minimum absolute atomic E-state index is 0.132. The van der Waals surface area contributed by atoms with E-state index in [-0.39, 0.29) is 12.0 Å². The Kier molecular flexibility index (Phi) is 4.63. The highest BCUT2D eigenvalue weighted by atomic mass is 16.5. The largest absolute Gasteiger partial charge is 0.495 e. The molecule has 1 atom stereocenters. The average molecular weight is 405 g/mol. The van der Waals surface area contributed by atoms with Gasteiger partial charge in [0.15, 0.2) is 5.82 Å². The van der Waals surface area contributed by atoms with E-state index < -0.39 is 0 Å². The van der Waals surface area contributed by atoms with Crippen molar-refractivity contribution in [2.75, 3.05) is 13.7 Å². The maximum Gasteiger partial charge on any atom is 0.206 e. The van der Waals surface area contributed by atoms with Crippen LogP contribution < -0.4 is 4.74 Å².